The van der Waals surface area contributed by atoms with Crippen molar-refractivity contribution in [2.24, 2.45) is 5.73 Å². The Balaban J connectivity index is 2.90. The van der Waals surface area contributed by atoms with Gasteiger partial charge in [-0.1, -0.05) is 24.3 Å². The lowest BCUT2D eigenvalue weighted by Gasteiger charge is -1.94. The lowest BCUT2D eigenvalue weighted by atomic mass is 10.1. The van der Waals surface area contributed by atoms with Crippen molar-refractivity contribution in [1.29, 1.82) is 5.41 Å². The van der Waals surface area contributed by atoms with E-state index in [1.807, 2.05) is 24.3 Å². The number of rotatable bonds is 2. The van der Waals surface area contributed by atoms with Gasteiger partial charge in [0.2, 0.25) is 0 Å². The second kappa shape index (κ2) is 3.13. The summed E-state index contributed by atoms with van der Waals surface area (Å²) in [6.45, 7) is 0.568. The van der Waals surface area contributed by atoms with Gasteiger partial charge in [0.25, 0.3) is 0 Å². The summed E-state index contributed by atoms with van der Waals surface area (Å²) in [6, 6.07) is 7.63. The number of hydrogen-bond donors (Lipinski definition) is 2. The van der Waals surface area contributed by atoms with Crippen LogP contribution in [0.4, 0.5) is 0 Å². The Kier molecular flexibility index (Phi) is 2.18. The Morgan fingerprint density at radius 3 is 2.30 bits per heavy atom. The fraction of sp³-hybridized carbons (Fsp3) is 0.125. The summed E-state index contributed by atoms with van der Waals surface area (Å²) in [5, 5.41) is 6.92. The summed E-state index contributed by atoms with van der Waals surface area (Å²) in [5.74, 6) is 0. The maximum Gasteiger partial charge on any atom is 0.0250 e. The third-order valence-electron chi connectivity index (χ3n) is 1.38. The lowest BCUT2D eigenvalue weighted by molar-refractivity contribution is 1.07. The summed E-state index contributed by atoms with van der Waals surface area (Å²) in [5.41, 5.74) is 7.40. The van der Waals surface area contributed by atoms with Crippen molar-refractivity contribution in [1.82, 2.24) is 0 Å². The van der Waals surface area contributed by atoms with Crippen LogP contribution in [0.25, 0.3) is 0 Å². The van der Waals surface area contributed by atoms with E-state index in [-0.39, 0.29) is 0 Å². The van der Waals surface area contributed by atoms with E-state index < -0.39 is 0 Å². The topological polar surface area (TPSA) is 49.9 Å². The molecule has 0 spiro atoms. The summed E-state index contributed by atoms with van der Waals surface area (Å²) < 4.78 is 0. The summed E-state index contributed by atoms with van der Waals surface area (Å²) in [6.07, 6.45) is 1.32. The first kappa shape index (κ1) is 6.96. The van der Waals surface area contributed by atoms with Crippen molar-refractivity contribution < 1.29 is 0 Å². The third-order valence-corrected chi connectivity index (χ3v) is 1.38. The van der Waals surface area contributed by atoms with Crippen LogP contribution in [0, 0.1) is 5.41 Å². The monoisotopic (exact) mass is 134 g/mol. The first-order chi connectivity index (χ1) is 4.86. The number of benzene rings is 1. The van der Waals surface area contributed by atoms with Crippen LogP contribution in [-0.2, 0) is 6.54 Å². The zero-order valence-corrected chi connectivity index (χ0v) is 5.67. The average Bonchev–Trinajstić information content (AvgIpc) is 2.05. The molecule has 1 rings (SSSR count). The molecule has 0 fully saturated rings. The van der Waals surface area contributed by atoms with Crippen LogP contribution < -0.4 is 5.73 Å². The highest BCUT2D eigenvalue weighted by Gasteiger charge is 1.87. The Labute approximate surface area is 60.2 Å². The average molecular weight is 134 g/mol. The third kappa shape index (κ3) is 1.42. The quantitative estimate of drug-likeness (QED) is 0.585. The van der Waals surface area contributed by atoms with Gasteiger partial charge in [-0.25, -0.2) is 0 Å². The van der Waals surface area contributed by atoms with Crippen molar-refractivity contribution in [3.8, 4) is 0 Å². The molecule has 0 aliphatic carbocycles. The zero-order chi connectivity index (χ0) is 7.40. The Hall–Kier alpha value is -1.15. The molecule has 0 atom stereocenters. The van der Waals surface area contributed by atoms with Gasteiger partial charge in [-0.2, -0.15) is 0 Å². The minimum atomic E-state index is 0.568. The molecule has 0 saturated heterocycles. The Morgan fingerprint density at radius 2 is 1.90 bits per heavy atom. The lowest BCUT2D eigenvalue weighted by Crippen LogP contribution is -1.95. The van der Waals surface area contributed by atoms with E-state index in [4.69, 9.17) is 11.1 Å². The molecule has 0 bridgehead atoms. The van der Waals surface area contributed by atoms with Gasteiger partial charge in [0.1, 0.15) is 0 Å². The van der Waals surface area contributed by atoms with Crippen LogP contribution >= 0.6 is 0 Å². The molecule has 52 valence electrons. The van der Waals surface area contributed by atoms with E-state index in [9.17, 15) is 0 Å². The van der Waals surface area contributed by atoms with E-state index in [0.29, 0.717) is 6.54 Å². The summed E-state index contributed by atoms with van der Waals surface area (Å²) in [4.78, 5) is 0. The molecular weight excluding hydrogens is 124 g/mol. The normalized spacial score (nSPS) is 9.30. The van der Waals surface area contributed by atoms with Crippen LogP contribution in [0.3, 0.4) is 0 Å². The highest BCUT2D eigenvalue weighted by Crippen LogP contribution is 2.00. The van der Waals surface area contributed by atoms with Crippen LogP contribution in [0.15, 0.2) is 24.3 Å². The fourth-order valence-corrected chi connectivity index (χ4v) is 0.750. The number of nitrogens with two attached hydrogens (primary N) is 1. The molecule has 3 N–H and O–H groups in total. The van der Waals surface area contributed by atoms with Gasteiger partial charge in [-0.3, -0.25) is 0 Å². The summed E-state index contributed by atoms with van der Waals surface area (Å²) in [7, 11) is 0. The first-order valence-corrected chi connectivity index (χ1v) is 3.16. The smallest absolute Gasteiger partial charge is 0.0250 e. The van der Waals surface area contributed by atoms with E-state index in [2.05, 4.69) is 0 Å². The molecule has 0 amide bonds. The molecule has 0 heterocycles. The van der Waals surface area contributed by atoms with Crippen molar-refractivity contribution in [3.05, 3.63) is 35.4 Å². The van der Waals surface area contributed by atoms with Gasteiger partial charge in [0.05, 0.1) is 0 Å². The van der Waals surface area contributed by atoms with Gasteiger partial charge < -0.3 is 11.1 Å². The SMILES string of the molecule is N=Cc1ccc(CN)cc1. The van der Waals surface area contributed by atoms with Gasteiger partial charge in [-0.05, 0) is 11.1 Å². The molecule has 2 heteroatoms. The molecule has 1 aromatic rings. The highest BCUT2D eigenvalue weighted by atomic mass is 14.5. The van der Waals surface area contributed by atoms with E-state index in [1.54, 1.807) is 0 Å². The maximum atomic E-state index is 6.92. The molecule has 0 aliphatic rings. The van der Waals surface area contributed by atoms with Crippen molar-refractivity contribution in [2.45, 2.75) is 6.54 Å². The van der Waals surface area contributed by atoms with Crippen molar-refractivity contribution in [3.63, 3.8) is 0 Å². The van der Waals surface area contributed by atoms with Gasteiger partial charge in [0, 0.05) is 12.8 Å². The minimum absolute atomic E-state index is 0.568. The van der Waals surface area contributed by atoms with Gasteiger partial charge >= 0.3 is 0 Å². The van der Waals surface area contributed by atoms with Crippen molar-refractivity contribution in [2.75, 3.05) is 0 Å². The standard InChI is InChI=1S/C8H10N2/c9-5-7-1-2-8(6-10)4-3-7/h1-5,9H,6,10H2. The molecular formula is C8H10N2. The molecule has 0 unspecified atom stereocenters. The van der Waals surface area contributed by atoms with Gasteiger partial charge in [-0.15, -0.1) is 0 Å². The van der Waals surface area contributed by atoms with Crippen LogP contribution in [0.2, 0.25) is 0 Å². The van der Waals surface area contributed by atoms with E-state index >= 15 is 0 Å². The van der Waals surface area contributed by atoms with Crippen molar-refractivity contribution >= 4 is 6.21 Å². The molecule has 0 aromatic heterocycles. The second-order valence-corrected chi connectivity index (χ2v) is 2.09. The minimum Gasteiger partial charge on any atom is -0.326 e. The molecule has 1 aromatic carbocycles. The van der Waals surface area contributed by atoms with Gasteiger partial charge in [0.15, 0.2) is 0 Å². The maximum absolute atomic E-state index is 6.92. The molecule has 0 radical (unpaired) electrons. The van der Waals surface area contributed by atoms with Crippen LogP contribution in [0.1, 0.15) is 11.1 Å². The van der Waals surface area contributed by atoms with E-state index in [1.165, 1.54) is 6.21 Å². The summed E-state index contributed by atoms with van der Waals surface area (Å²) >= 11 is 0. The predicted octanol–water partition coefficient (Wildman–Crippen LogP) is 1.14. The molecule has 10 heavy (non-hydrogen) atoms. The fourth-order valence-electron chi connectivity index (χ4n) is 0.750. The Morgan fingerprint density at radius 1 is 1.30 bits per heavy atom. The first-order valence-electron chi connectivity index (χ1n) is 3.16. The number of nitrogens with one attached hydrogen (secondary N) is 1. The van der Waals surface area contributed by atoms with Crippen LogP contribution in [0.5, 0.6) is 0 Å². The number of hydrogen-bond acceptors (Lipinski definition) is 2. The zero-order valence-electron chi connectivity index (χ0n) is 5.67. The Bertz CT molecular complexity index is 213. The molecule has 0 saturated carbocycles. The highest BCUT2D eigenvalue weighted by molar-refractivity contribution is 5.76. The second-order valence-electron chi connectivity index (χ2n) is 2.09. The predicted molar refractivity (Wildman–Crippen MR) is 42.2 cm³/mol. The molecule has 0 aliphatic heterocycles. The van der Waals surface area contributed by atoms with Crippen LogP contribution in [-0.4, -0.2) is 6.21 Å². The van der Waals surface area contributed by atoms with E-state index in [0.717, 1.165) is 11.1 Å². The molecule has 2 nitrogen and oxygen atoms in total. The largest absolute Gasteiger partial charge is 0.326 e.